The molecule has 1 rings (SSSR count). The van der Waals surface area contributed by atoms with Crippen LogP contribution in [0.1, 0.15) is 23.8 Å². The molecule has 0 aliphatic heterocycles. The number of nitriles is 1. The lowest BCUT2D eigenvalue weighted by Gasteiger charge is -2.08. The van der Waals surface area contributed by atoms with Gasteiger partial charge in [-0.05, 0) is 13.0 Å². The summed E-state index contributed by atoms with van der Waals surface area (Å²) in [6, 6.07) is 5.45. The van der Waals surface area contributed by atoms with E-state index in [1.165, 1.54) is 0 Å². The van der Waals surface area contributed by atoms with Gasteiger partial charge in [-0.1, -0.05) is 6.07 Å². The summed E-state index contributed by atoms with van der Waals surface area (Å²) in [4.78, 5) is 4.01. The standard InChI is InChI=1S/C9H10N2O/c1-7-8(3-2-6-11-7)9(12)4-5-10/h2-3,6,9,12H,4H2,1H3. The SMILES string of the molecule is Cc1ncccc1C(O)CC#N. The Morgan fingerprint density at radius 3 is 3.08 bits per heavy atom. The molecule has 0 aliphatic rings. The number of aliphatic hydroxyl groups excluding tert-OH is 1. The molecule has 0 fully saturated rings. The van der Waals surface area contributed by atoms with Crippen molar-refractivity contribution in [1.82, 2.24) is 4.98 Å². The average Bonchev–Trinajstić information content (AvgIpc) is 2.05. The number of hydrogen-bond donors (Lipinski definition) is 1. The van der Waals surface area contributed by atoms with Crippen LogP contribution in [0.25, 0.3) is 0 Å². The first-order valence-electron chi connectivity index (χ1n) is 3.72. The Labute approximate surface area is 71.3 Å². The summed E-state index contributed by atoms with van der Waals surface area (Å²) >= 11 is 0. The minimum atomic E-state index is -0.705. The second-order valence-electron chi connectivity index (χ2n) is 2.56. The van der Waals surface area contributed by atoms with Gasteiger partial charge in [-0.2, -0.15) is 5.26 Å². The van der Waals surface area contributed by atoms with E-state index in [1.54, 1.807) is 18.3 Å². The summed E-state index contributed by atoms with van der Waals surface area (Å²) < 4.78 is 0. The molecule has 1 aromatic rings. The van der Waals surface area contributed by atoms with Crippen molar-refractivity contribution in [2.45, 2.75) is 19.4 Å². The quantitative estimate of drug-likeness (QED) is 0.713. The Morgan fingerprint density at radius 1 is 1.75 bits per heavy atom. The zero-order valence-electron chi connectivity index (χ0n) is 6.86. The van der Waals surface area contributed by atoms with Crippen LogP contribution in [0.5, 0.6) is 0 Å². The smallest absolute Gasteiger partial charge is 0.0937 e. The number of aromatic nitrogens is 1. The van der Waals surface area contributed by atoms with Gasteiger partial charge in [-0.3, -0.25) is 4.98 Å². The van der Waals surface area contributed by atoms with Crippen LogP contribution < -0.4 is 0 Å². The van der Waals surface area contributed by atoms with Gasteiger partial charge in [0.2, 0.25) is 0 Å². The lowest BCUT2D eigenvalue weighted by atomic mass is 10.1. The van der Waals surface area contributed by atoms with Gasteiger partial charge in [0.25, 0.3) is 0 Å². The molecule has 0 aromatic carbocycles. The predicted molar refractivity (Wildman–Crippen MR) is 44.2 cm³/mol. The van der Waals surface area contributed by atoms with E-state index in [0.29, 0.717) is 0 Å². The number of aryl methyl sites for hydroxylation is 1. The second-order valence-corrected chi connectivity index (χ2v) is 2.56. The highest BCUT2D eigenvalue weighted by Gasteiger charge is 2.08. The van der Waals surface area contributed by atoms with Crippen molar-refractivity contribution in [2.75, 3.05) is 0 Å². The van der Waals surface area contributed by atoms with Crippen LogP contribution in [0.15, 0.2) is 18.3 Å². The lowest BCUT2D eigenvalue weighted by Crippen LogP contribution is -1.99. The minimum absolute atomic E-state index is 0.118. The molecule has 1 N–H and O–H groups in total. The average molecular weight is 162 g/mol. The van der Waals surface area contributed by atoms with Gasteiger partial charge < -0.3 is 5.11 Å². The Bertz CT molecular complexity index is 304. The Morgan fingerprint density at radius 2 is 2.50 bits per heavy atom. The van der Waals surface area contributed by atoms with Crippen LogP contribution >= 0.6 is 0 Å². The molecular weight excluding hydrogens is 152 g/mol. The summed E-state index contributed by atoms with van der Waals surface area (Å²) in [7, 11) is 0. The molecule has 3 nitrogen and oxygen atoms in total. The van der Waals surface area contributed by atoms with Crippen LogP contribution in [-0.4, -0.2) is 10.1 Å². The highest BCUT2D eigenvalue weighted by Crippen LogP contribution is 2.17. The van der Waals surface area contributed by atoms with Crippen LogP contribution in [0, 0.1) is 18.3 Å². The van der Waals surface area contributed by atoms with Gasteiger partial charge in [-0.15, -0.1) is 0 Å². The molecule has 0 bridgehead atoms. The van der Waals surface area contributed by atoms with Gasteiger partial charge in [0.05, 0.1) is 18.6 Å². The van der Waals surface area contributed by atoms with Gasteiger partial charge in [-0.25, -0.2) is 0 Å². The van der Waals surface area contributed by atoms with Crippen molar-refractivity contribution in [3.05, 3.63) is 29.6 Å². The summed E-state index contributed by atoms with van der Waals surface area (Å²) in [6.07, 6.45) is 1.08. The fourth-order valence-corrected chi connectivity index (χ4v) is 1.05. The molecule has 1 atom stereocenters. The molecule has 0 spiro atoms. The number of pyridine rings is 1. The molecule has 0 amide bonds. The molecular formula is C9H10N2O. The molecule has 0 aliphatic carbocycles. The van der Waals surface area contributed by atoms with E-state index >= 15 is 0 Å². The van der Waals surface area contributed by atoms with Crippen LogP contribution in [0.2, 0.25) is 0 Å². The predicted octanol–water partition coefficient (Wildman–Crippen LogP) is 1.34. The molecule has 0 radical (unpaired) electrons. The third kappa shape index (κ3) is 1.80. The van der Waals surface area contributed by atoms with Gasteiger partial charge in [0, 0.05) is 17.5 Å². The van der Waals surface area contributed by atoms with Crippen molar-refractivity contribution < 1.29 is 5.11 Å². The number of nitrogens with zero attached hydrogens (tertiary/aromatic N) is 2. The minimum Gasteiger partial charge on any atom is -0.387 e. The number of hydrogen-bond acceptors (Lipinski definition) is 3. The zero-order chi connectivity index (χ0) is 8.97. The highest BCUT2D eigenvalue weighted by molar-refractivity contribution is 5.21. The van der Waals surface area contributed by atoms with E-state index in [9.17, 15) is 5.11 Å². The van der Waals surface area contributed by atoms with Crippen molar-refractivity contribution in [3.8, 4) is 6.07 Å². The molecule has 0 saturated heterocycles. The monoisotopic (exact) mass is 162 g/mol. The van der Waals surface area contributed by atoms with E-state index in [-0.39, 0.29) is 6.42 Å². The summed E-state index contributed by atoms with van der Waals surface area (Å²) in [6.45, 7) is 1.82. The van der Waals surface area contributed by atoms with Crippen LogP contribution in [-0.2, 0) is 0 Å². The van der Waals surface area contributed by atoms with E-state index in [2.05, 4.69) is 4.98 Å². The molecule has 12 heavy (non-hydrogen) atoms. The fourth-order valence-electron chi connectivity index (χ4n) is 1.05. The van der Waals surface area contributed by atoms with Gasteiger partial charge >= 0.3 is 0 Å². The highest BCUT2D eigenvalue weighted by atomic mass is 16.3. The molecule has 1 aromatic heterocycles. The first-order valence-corrected chi connectivity index (χ1v) is 3.72. The maximum absolute atomic E-state index is 9.44. The van der Waals surface area contributed by atoms with Gasteiger partial charge in [0.15, 0.2) is 0 Å². The summed E-state index contributed by atoms with van der Waals surface area (Å²) in [5.74, 6) is 0. The normalized spacial score (nSPS) is 12.1. The molecule has 62 valence electrons. The van der Waals surface area contributed by atoms with Crippen molar-refractivity contribution in [3.63, 3.8) is 0 Å². The zero-order valence-corrected chi connectivity index (χ0v) is 6.86. The van der Waals surface area contributed by atoms with E-state index in [1.807, 2.05) is 13.0 Å². The van der Waals surface area contributed by atoms with Crippen molar-refractivity contribution in [1.29, 1.82) is 5.26 Å². The van der Waals surface area contributed by atoms with E-state index in [4.69, 9.17) is 5.26 Å². The first kappa shape index (κ1) is 8.69. The van der Waals surface area contributed by atoms with Gasteiger partial charge in [0.1, 0.15) is 0 Å². The van der Waals surface area contributed by atoms with E-state index < -0.39 is 6.10 Å². The maximum atomic E-state index is 9.44. The molecule has 1 unspecified atom stereocenters. The van der Waals surface area contributed by atoms with Crippen molar-refractivity contribution >= 4 is 0 Å². The molecule has 1 heterocycles. The molecule has 0 saturated carbocycles. The Kier molecular flexibility index (Phi) is 2.78. The van der Waals surface area contributed by atoms with E-state index in [0.717, 1.165) is 11.3 Å². The summed E-state index contributed by atoms with van der Waals surface area (Å²) in [5.41, 5.74) is 1.51. The number of aliphatic hydroxyl groups is 1. The topological polar surface area (TPSA) is 56.9 Å². The first-order chi connectivity index (χ1) is 5.75. The molecule has 3 heteroatoms. The van der Waals surface area contributed by atoms with Crippen LogP contribution in [0.4, 0.5) is 0 Å². The third-order valence-corrected chi connectivity index (χ3v) is 1.69. The Hall–Kier alpha value is -1.40. The second kappa shape index (κ2) is 3.84. The summed E-state index contributed by atoms with van der Waals surface area (Å²) in [5, 5.41) is 17.8. The third-order valence-electron chi connectivity index (χ3n) is 1.69. The number of rotatable bonds is 2. The fraction of sp³-hybridized carbons (Fsp3) is 0.333. The van der Waals surface area contributed by atoms with Crippen LogP contribution in [0.3, 0.4) is 0 Å². The Balaban J connectivity index is 2.88. The maximum Gasteiger partial charge on any atom is 0.0937 e. The largest absolute Gasteiger partial charge is 0.387 e. The van der Waals surface area contributed by atoms with Crippen molar-refractivity contribution in [2.24, 2.45) is 0 Å². The lowest BCUT2D eigenvalue weighted by molar-refractivity contribution is 0.182.